The highest BCUT2D eigenvalue weighted by Crippen LogP contribution is 2.30. The van der Waals surface area contributed by atoms with Crippen molar-refractivity contribution >= 4 is 22.4 Å². The van der Waals surface area contributed by atoms with E-state index in [2.05, 4.69) is 10.3 Å². The molecule has 1 aliphatic heterocycles. The molecule has 0 aliphatic carbocycles. The van der Waals surface area contributed by atoms with Crippen LogP contribution in [0.25, 0.3) is 0 Å². The topological polar surface area (TPSA) is 62.3 Å². The van der Waals surface area contributed by atoms with Crippen LogP contribution in [0.1, 0.15) is 17.2 Å². The Balaban J connectivity index is 0.00000225. The van der Waals surface area contributed by atoms with Gasteiger partial charge < -0.3 is 5.32 Å². The van der Waals surface area contributed by atoms with Gasteiger partial charge in [0.15, 0.2) is 0 Å². The zero-order valence-corrected chi connectivity index (χ0v) is 15.1. The van der Waals surface area contributed by atoms with E-state index in [0.29, 0.717) is 18.7 Å². The van der Waals surface area contributed by atoms with E-state index in [9.17, 15) is 17.2 Å². The Kier molecular flexibility index (Phi) is 6.10. The van der Waals surface area contributed by atoms with Crippen LogP contribution < -0.4 is 5.32 Å². The Morgan fingerprint density at radius 1 is 1.28 bits per heavy atom. The third-order valence-corrected chi connectivity index (χ3v) is 5.99. The summed E-state index contributed by atoms with van der Waals surface area (Å²) in [5, 5.41) is 3.12. The van der Waals surface area contributed by atoms with Crippen molar-refractivity contribution in [2.24, 2.45) is 0 Å². The third-order valence-electron chi connectivity index (χ3n) is 4.06. The molecule has 1 N–H and O–H groups in total. The average molecular weight is 390 g/mol. The molecule has 0 saturated carbocycles. The summed E-state index contributed by atoms with van der Waals surface area (Å²) in [7, 11) is -4.18. The lowest BCUT2D eigenvalue weighted by Crippen LogP contribution is -2.48. The van der Waals surface area contributed by atoms with Crippen LogP contribution in [0.3, 0.4) is 0 Å². The molecular weight excluding hydrogens is 372 g/mol. The fourth-order valence-corrected chi connectivity index (χ4v) is 4.46. The quantitative estimate of drug-likeness (QED) is 0.875. The van der Waals surface area contributed by atoms with Crippen molar-refractivity contribution in [1.82, 2.24) is 14.6 Å². The molecule has 9 heteroatoms. The fraction of sp³-hybridized carbons (Fsp3) is 0.312. The van der Waals surface area contributed by atoms with Gasteiger partial charge in [-0.2, -0.15) is 4.31 Å². The molecule has 0 bridgehead atoms. The molecule has 25 heavy (non-hydrogen) atoms. The normalized spacial score (nSPS) is 18.6. The second kappa shape index (κ2) is 7.74. The van der Waals surface area contributed by atoms with E-state index in [-0.39, 0.29) is 24.5 Å². The van der Waals surface area contributed by atoms with E-state index in [0.717, 1.165) is 12.1 Å². The lowest BCUT2D eigenvalue weighted by Gasteiger charge is -2.35. The SMILES string of the molecule is Cc1cc(F)c(S(=O)(=O)N2CCNCC2c2cccnc2)cc1F.Cl. The lowest BCUT2D eigenvalue weighted by molar-refractivity contribution is 0.270. The zero-order chi connectivity index (χ0) is 17.3. The first-order valence-corrected chi connectivity index (χ1v) is 8.93. The lowest BCUT2D eigenvalue weighted by atomic mass is 10.1. The molecular formula is C16H18ClF2N3O2S. The van der Waals surface area contributed by atoms with Crippen LogP contribution in [0.15, 0.2) is 41.6 Å². The number of benzene rings is 1. The van der Waals surface area contributed by atoms with E-state index in [1.807, 2.05) is 0 Å². The molecule has 3 rings (SSSR count). The molecule has 0 spiro atoms. The van der Waals surface area contributed by atoms with Crippen LogP contribution in [-0.2, 0) is 10.0 Å². The van der Waals surface area contributed by atoms with Gasteiger partial charge in [-0.15, -0.1) is 12.4 Å². The standard InChI is InChI=1S/C16H17F2N3O2S.ClH/c1-11-7-14(18)16(8-13(11)17)24(22,23)21-6-5-20-10-15(21)12-3-2-4-19-9-12;/h2-4,7-9,15,20H,5-6,10H2,1H3;1H. The predicted molar refractivity (Wildman–Crippen MR) is 92.1 cm³/mol. The van der Waals surface area contributed by atoms with Gasteiger partial charge in [-0.1, -0.05) is 6.07 Å². The highest BCUT2D eigenvalue weighted by atomic mass is 35.5. The Labute approximate surface area is 151 Å². The van der Waals surface area contributed by atoms with Crippen molar-refractivity contribution in [3.63, 3.8) is 0 Å². The summed E-state index contributed by atoms with van der Waals surface area (Å²) in [4.78, 5) is 3.37. The molecule has 0 amide bonds. The molecule has 136 valence electrons. The van der Waals surface area contributed by atoms with E-state index in [1.54, 1.807) is 24.5 Å². The minimum atomic E-state index is -4.18. The monoisotopic (exact) mass is 389 g/mol. The number of sulfonamides is 1. The Hall–Kier alpha value is -1.61. The molecule has 1 fully saturated rings. The summed E-state index contributed by atoms with van der Waals surface area (Å²) in [6.07, 6.45) is 3.17. The van der Waals surface area contributed by atoms with Gasteiger partial charge in [-0.05, 0) is 36.2 Å². The summed E-state index contributed by atoms with van der Waals surface area (Å²) in [5.74, 6) is -1.69. The summed E-state index contributed by atoms with van der Waals surface area (Å²) in [5.41, 5.74) is 0.761. The maximum atomic E-state index is 14.2. The highest BCUT2D eigenvalue weighted by molar-refractivity contribution is 7.89. The van der Waals surface area contributed by atoms with Gasteiger partial charge in [-0.3, -0.25) is 4.98 Å². The van der Waals surface area contributed by atoms with Gasteiger partial charge >= 0.3 is 0 Å². The molecule has 1 aromatic heterocycles. The van der Waals surface area contributed by atoms with Crippen LogP contribution in [-0.4, -0.2) is 37.3 Å². The molecule has 1 saturated heterocycles. The summed E-state index contributed by atoms with van der Waals surface area (Å²) >= 11 is 0. The second-order valence-corrected chi connectivity index (χ2v) is 7.51. The molecule has 1 aliphatic rings. The average Bonchev–Trinajstić information content (AvgIpc) is 2.59. The first-order chi connectivity index (χ1) is 11.4. The molecule has 0 radical (unpaired) electrons. The Bertz CT molecular complexity index is 850. The molecule has 2 heterocycles. The maximum absolute atomic E-state index is 14.2. The first-order valence-electron chi connectivity index (χ1n) is 7.49. The molecule has 1 aromatic carbocycles. The van der Waals surface area contributed by atoms with Crippen molar-refractivity contribution < 1.29 is 17.2 Å². The number of piperazine rings is 1. The zero-order valence-electron chi connectivity index (χ0n) is 13.4. The van der Waals surface area contributed by atoms with Gasteiger partial charge in [0.1, 0.15) is 16.5 Å². The molecule has 5 nitrogen and oxygen atoms in total. The summed E-state index contributed by atoms with van der Waals surface area (Å²) in [6.45, 7) is 2.36. The summed E-state index contributed by atoms with van der Waals surface area (Å²) < 4.78 is 55.1. The third kappa shape index (κ3) is 3.82. The first kappa shape index (κ1) is 19.7. The smallest absolute Gasteiger partial charge is 0.246 e. The second-order valence-electron chi connectivity index (χ2n) is 5.65. The van der Waals surface area contributed by atoms with Crippen molar-refractivity contribution in [1.29, 1.82) is 0 Å². The summed E-state index contributed by atoms with van der Waals surface area (Å²) in [6, 6.07) is 4.60. The van der Waals surface area contributed by atoms with Crippen molar-refractivity contribution in [3.8, 4) is 0 Å². The van der Waals surface area contributed by atoms with E-state index in [4.69, 9.17) is 0 Å². The Morgan fingerprint density at radius 3 is 2.72 bits per heavy atom. The van der Waals surface area contributed by atoms with Gasteiger partial charge in [0.25, 0.3) is 0 Å². The number of hydrogen-bond donors (Lipinski definition) is 1. The van der Waals surface area contributed by atoms with Gasteiger partial charge in [0.05, 0.1) is 6.04 Å². The number of pyridine rings is 1. The molecule has 1 unspecified atom stereocenters. The number of aromatic nitrogens is 1. The highest BCUT2D eigenvalue weighted by Gasteiger charge is 2.36. The van der Waals surface area contributed by atoms with Crippen LogP contribution in [0.2, 0.25) is 0 Å². The minimum absolute atomic E-state index is 0. The number of nitrogens with zero attached hydrogens (tertiary/aromatic N) is 2. The fourth-order valence-electron chi connectivity index (χ4n) is 2.78. The number of aryl methyl sites for hydroxylation is 1. The van der Waals surface area contributed by atoms with Crippen molar-refractivity contribution in [2.45, 2.75) is 17.9 Å². The number of rotatable bonds is 3. The number of halogens is 3. The van der Waals surface area contributed by atoms with Crippen LogP contribution in [0, 0.1) is 18.6 Å². The molecule has 1 atom stereocenters. The molecule has 2 aromatic rings. The largest absolute Gasteiger partial charge is 0.313 e. The minimum Gasteiger partial charge on any atom is -0.313 e. The predicted octanol–water partition coefficient (Wildman–Crippen LogP) is 2.43. The van der Waals surface area contributed by atoms with E-state index >= 15 is 0 Å². The maximum Gasteiger partial charge on any atom is 0.246 e. The Morgan fingerprint density at radius 2 is 2.04 bits per heavy atom. The van der Waals surface area contributed by atoms with Gasteiger partial charge in [0, 0.05) is 32.0 Å². The van der Waals surface area contributed by atoms with Crippen molar-refractivity contribution in [3.05, 3.63) is 59.4 Å². The number of nitrogens with one attached hydrogen (secondary N) is 1. The van der Waals surface area contributed by atoms with Crippen LogP contribution >= 0.6 is 12.4 Å². The number of hydrogen-bond acceptors (Lipinski definition) is 4. The van der Waals surface area contributed by atoms with Crippen LogP contribution in [0.5, 0.6) is 0 Å². The van der Waals surface area contributed by atoms with Crippen LogP contribution in [0.4, 0.5) is 8.78 Å². The van der Waals surface area contributed by atoms with E-state index in [1.165, 1.54) is 11.2 Å². The van der Waals surface area contributed by atoms with Gasteiger partial charge in [-0.25, -0.2) is 17.2 Å². The van der Waals surface area contributed by atoms with Gasteiger partial charge in [0.2, 0.25) is 10.0 Å². The van der Waals surface area contributed by atoms with E-state index < -0.39 is 32.6 Å². The van der Waals surface area contributed by atoms with Crippen molar-refractivity contribution in [2.75, 3.05) is 19.6 Å².